The second kappa shape index (κ2) is 6.60. The molecule has 2 aliphatic rings. The number of esters is 1. The van der Waals surface area contributed by atoms with Gasteiger partial charge in [-0.1, -0.05) is 13.8 Å². The number of aliphatic hydroxyl groups is 1. The molecule has 2 heterocycles. The average molecular weight is 372 g/mol. The van der Waals surface area contributed by atoms with Crippen molar-refractivity contribution in [2.45, 2.75) is 39.1 Å². The van der Waals surface area contributed by atoms with Gasteiger partial charge in [0.1, 0.15) is 5.92 Å². The Balaban J connectivity index is 2.67. The van der Waals surface area contributed by atoms with Crippen molar-refractivity contribution in [2.75, 3.05) is 20.7 Å². The second-order valence-electron chi connectivity index (χ2n) is 6.97. The molecule has 2 aliphatic heterocycles. The predicted octanol–water partition coefficient (Wildman–Crippen LogP) is -0.103. The largest absolute Gasteiger partial charge is 0.466 e. The molecule has 10 nitrogen and oxygen atoms in total. The van der Waals surface area contributed by atoms with Gasteiger partial charge in [-0.05, 0) is 19.8 Å². The maximum absolute atomic E-state index is 12.9. The molecule has 0 aromatic carbocycles. The van der Waals surface area contributed by atoms with E-state index in [1.54, 1.807) is 20.8 Å². The zero-order chi connectivity index (χ0) is 20.0. The van der Waals surface area contributed by atoms with Crippen molar-refractivity contribution in [3.63, 3.8) is 0 Å². The minimum absolute atomic E-state index is 0.0320. The van der Waals surface area contributed by atoms with Crippen LogP contribution in [0.1, 0.15) is 27.7 Å². The number of hydrogen-bond acceptors (Lipinski definition) is 8. The molecular formula is C16H24N2O8. The number of rotatable bonds is 3. The Morgan fingerprint density at radius 2 is 1.69 bits per heavy atom. The number of ether oxygens (including phenoxy) is 1. The van der Waals surface area contributed by atoms with Gasteiger partial charge in [0.2, 0.25) is 5.79 Å². The van der Waals surface area contributed by atoms with Crippen LogP contribution in [0.4, 0.5) is 4.79 Å². The fourth-order valence-electron chi connectivity index (χ4n) is 3.62. The number of hydrogen-bond donors (Lipinski definition) is 1. The minimum Gasteiger partial charge on any atom is -0.466 e. The zero-order valence-electron chi connectivity index (χ0n) is 15.6. The third-order valence-corrected chi connectivity index (χ3v) is 4.82. The lowest BCUT2D eigenvalue weighted by Crippen LogP contribution is -2.76. The lowest BCUT2D eigenvalue weighted by atomic mass is 9.66. The van der Waals surface area contributed by atoms with Crippen molar-refractivity contribution in [3.05, 3.63) is 0 Å². The fourth-order valence-corrected chi connectivity index (χ4v) is 3.62. The zero-order valence-corrected chi connectivity index (χ0v) is 15.6. The normalized spacial score (nSPS) is 31.8. The van der Waals surface area contributed by atoms with Crippen molar-refractivity contribution >= 4 is 23.8 Å². The lowest BCUT2D eigenvalue weighted by Gasteiger charge is -2.52. The van der Waals surface area contributed by atoms with E-state index in [4.69, 9.17) is 14.5 Å². The van der Waals surface area contributed by atoms with E-state index in [1.807, 2.05) is 0 Å². The monoisotopic (exact) mass is 372 g/mol. The van der Waals surface area contributed by atoms with Crippen LogP contribution in [0.25, 0.3) is 0 Å². The van der Waals surface area contributed by atoms with Crippen LogP contribution in [-0.4, -0.2) is 70.8 Å². The van der Waals surface area contributed by atoms with Crippen molar-refractivity contribution < 1.29 is 38.8 Å². The summed E-state index contributed by atoms with van der Waals surface area (Å²) in [7, 11) is 2.39. The van der Waals surface area contributed by atoms with Gasteiger partial charge in [-0.2, -0.15) is 4.89 Å². The van der Waals surface area contributed by atoms with Crippen molar-refractivity contribution in [1.29, 1.82) is 0 Å². The summed E-state index contributed by atoms with van der Waals surface area (Å²) < 4.78 is 5.03. The Kier molecular flexibility index (Phi) is 5.15. The number of carbonyl (C=O) groups excluding carboxylic acids is 4. The summed E-state index contributed by atoms with van der Waals surface area (Å²) in [4.78, 5) is 62.1. The molecule has 2 fully saturated rings. The molecule has 0 bridgehead atoms. The summed E-state index contributed by atoms with van der Waals surface area (Å²) in [6.45, 7) is 6.14. The standard InChI is InChI=1S/C16H24N2O8/c1-7-24-11(19)10-9(8(2)3)16(26-25-15(10,4)23)12(20)17(5)14(22)18(6)13(16)21/h8-10,23H,7H2,1-6H3/t9-,10+,15+/m1/s1. The van der Waals surface area contributed by atoms with E-state index in [9.17, 15) is 24.3 Å². The molecule has 3 atom stereocenters. The maximum atomic E-state index is 12.9. The van der Waals surface area contributed by atoms with Gasteiger partial charge in [-0.25, -0.2) is 9.68 Å². The van der Waals surface area contributed by atoms with Crippen LogP contribution in [0.3, 0.4) is 0 Å². The number of imide groups is 2. The molecule has 0 aromatic rings. The van der Waals surface area contributed by atoms with E-state index < -0.39 is 53.0 Å². The van der Waals surface area contributed by atoms with Crippen LogP contribution in [0.5, 0.6) is 0 Å². The summed E-state index contributed by atoms with van der Waals surface area (Å²) in [6, 6.07) is -0.832. The lowest BCUT2D eigenvalue weighted by molar-refractivity contribution is -0.490. The fraction of sp³-hybridized carbons (Fsp3) is 0.750. The quantitative estimate of drug-likeness (QED) is 0.414. The van der Waals surface area contributed by atoms with Gasteiger partial charge >= 0.3 is 12.0 Å². The van der Waals surface area contributed by atoms with Crippen molar-refractivity contribution in [2.24, 2.45) is 17.8 Å². The van der Waals surface area contributed by atoms with Crippen LogP contribution in [0, 0.1) is 17.8 Å². The first-order chi connectivity index (χ1) is 11.9. The molecule has 2 rings (SSSR count). The second-order valence-corrected chi connectivity index (χ2v) is 6.97. The van der Waals surface area contributed by atoms with Crippen molar-refractivity contribution in [1.82, 2.24) is 9.80 Å². The number of likely N-dealkylation sites (N-methyl/N-ethyl adjacent to an activating group) is 2. The van der Waals surface area contributed by atoms with E-state index in [0.717, 1.165) is 9.80 Å². The van der Waals surface area contributed by atoms with Gasteiger partial charge in [0, 0.05) is 20.0 Å². The number of nitrogens with zero attached hydrogens (tertiary/aromatic N) is 2. The van der Waals surface area contributed by atoms with E-state index in [0.29, 0.717) is 0 Å². The molecule has 1 spiro atoms. The Hall–Kier alpha value is -2.04. The molecule has 0 aromatic heterocycles. The van der Waals surface area contributed by atoms with E-state index in [-0.39, 0.29) is 6.61 Å². The van der Waals surface area contributed by atoms with Crippen LogP contribution < -0.4 is 0 Å². The smallest absolute Gasteiger partial charge is 0.333 e. The topological polar surface area (TPSA) is 123 Å². The number of barbiturate groups is 1. The van der Waals surface area contributed by atoms with E-state index in [2.05, 4.69) is 0 Å². The molecular weight excluding hydrogens is 348 g/mol. The summed E-state index contributed by atoms with van der Waals surface area (Å²) in [5, 5.41) is 10.6. The summed E-state index contributed by atoms with van der Waals surface area (Å²) in [5.41, 5.74) is -2.29. The van der Waals surface area contributed by atoms with Gasteiger partial charge in [-0.15, -0.1) is 0 Å². The maximum Gasteiger partial charge on any atom is 0.333 e. The minimum atomic E-state index is -2.29. The number of amides is 4. The third kappa shape index (κ3) is 2.68. The number of carbonyl (C=O) groups is 4. The van der Waals surface area contributed by atoms with Crippen LogP contribution in [0.2, 0.25) is 0 Å². The van der Waals surface area contributed by atoms with Crippen molar-refractivity contribution in [3.8, 4) is 0 Å². The molecule has 2 saturated heterocycles. The summed E-state index contributed by atoms with van der Waals surface area (Å²) in [6.07, 6.45) is 0. The Morgan fingerprint density at radius 3 is 2.12 bits per heavy atom. The third-order valence-electron chi connectivity index (χ3n) is 4.82. The van der Waals surface area contributed by atoms with E-state index in [1.165, 1.54) is 21.0 Å². The first kappa shape index (κ1) is 20.3. The summed E-state index contributed by atoms with van der Waals surface area (Å²) in [5.74, 6) is -7.90. The van der Waals surface area contributed by atoms with Gasteiger partial charge in [0.25, 0.3) is 17.4 Å². The highest BCUT2D eigenvalue weighted by atomic mass is 17.2. The van der Waals surface area contributed by atoms with Crippen LogP contribution >= 0.6 is 0 Å². The van der Waals surface area contributed by atoms with Gasteiger partial charge in [0.15, 0.2) is 0 Å². The highest BCUT2D eigenvalue weighted by Crippen LogP contribution is 2.48. The molecule has 26 heavy (non-hydrogen) atoms. The van der Waals surface area contributed by atoms with Crippen LogP contribution in [0.15, 0.2) is 0 Å². The van der Waals surface area contributed by atoms with Gasteiger partial charge in [0.05, 0.1) is 6.61 Å². The van der Waals surface area contributed by atoms with Gasteiger partial charge < -0.3 is 9.84 Å². The van der Waals surface area contributed by atoms with Gasteiger partial charge in [-0.3, -0.25) is 24.2 Å². The molecule has 0 saturated carbocycles. The highest BCUT2D eigenvalue weighted by Gasteiger charge is 2.71. The molecule has 0 unspecified atom stereocenters. The Labute approximate surface area is 150 Å². The molecule has 1 N–H and O–H groups in total. The van der Waals surface area contributed by atoms with Crippen LogP contribution in [-0.2, 0) is 28.9 Å². The first-order valence-corrected chi connectivity index (χ1v) is 8.29. The Bertz CT molecular complexity index is 620. The molecule has 0 radical (unpaired) electrons. The first-order valence-electron chi connectivity index (χ1n) is 8.29. The average Bonchev–Trinajstić information content (AvgIpc) is 2.56. The number of urea groups is 1. The Morgan fingerprint density at radius 1 is 1.19 bits per heavy atom. The highest BCUT2D eigenvalue weighted by molar-refractivity contribution is 6.21. The molecule has 4 amide bonds. The molecule has 146 valence electrons. The van der Waals surface area contributed by atoms with E-state index >= 15 is 0 Å². The molecule has 0 aliphatic carbocycles. The SMILES string of the molecule is CCOC(=O)[C@@H]1[C@@H](C(C)C)C2(OO[C@]1(C)O)C(=O)N(C)C(=O)N(C)C2=O. The molecule has 10 heteroatoms. The summed E-state index contributed by atoms with van der Waals surface area (Å²) >= 11 is 0. The predicted molar refractivity (Wildman–Crippen MR) is 84.9 cm³/mol.